The highest BCUT2D eigenvalue weighted by Gasteiger charge is 2.57. The van der Waals surface area contributed by atoms with Gasteiger partial charge in [-0.05, 0) is 30.5 Å². The molecule has 0 spiro atoms. The molecule has 3 atom stereocenters. The molecule has 0 bridgehead atoms. The molecule has 2 heterocycles. The smallest absolute Gasteiger partial charge is 0.231 e. The predicted octanol–water partition coefficient (Wildman–Crippen LogP) is 2.71. The molecule has 4 rings (SSSR count). The van der Waals surface area contributed by atoms with Crippen molar-refractivity contribution in [2.75, 3.05) is 13.4 Å². The number of nitrogens with one attached hydrogen (secondary N) is 1. The van der Waals surface area contributed by atoms with Crippen LogP contribution in [0.15, 0.2) is 18.2 Å². The Bertz CT molecular complexity index is 543. The fourth-order valence-electron chi connectivity index (χ4n) is 4.22. The molecular weight excluding hydrogens is 266 g/mol. The SMILES string of the molecule is CC1(C)[C@H](NCc2ccc3c(c2)OCO3)[C@H]2CCCO[C@H]21. The summed E-state index contributed by atoms with van der Waals surface area (Å²) in [6.07, 6.45) is 2.91. The molecule has 114 valence electrons. The van der Waals surface area contributed by atoms with E-state index in [1.54, 1.807) is 0 Å². The molecule has 0 aromatic heterocycles. The Kier molecular flexibility index (Phi) is 3.12. The van der Waals surface area contributed by atoms with Gasteiger partial charge in [-0.15, -0.1) is 0 Å². The number of ether oxygens (including phenoxy) is 3. The Morgan fingerprint density at radius 1 is 1.24 bits per heavy atom. The van der Waals surface area contributed by atoms with Crippen LogP contribution in [0.25, 0.3) is 0 Å². The van der Waals surface area contributed by atoms with Gasteiger partial charge in [-0.25, -0.2) is 0 Å². The van der Waals surface area contributed by atoms with Crippen LogP contribution in [0.4, 0.5) is 0 Å². The van der Waals surface area contributed by atoms with Gasteiger partial charge >= 0.3 is 0 Å². The lowest BCUT2D eigenvalue weighted by Crippen LogP contribution is -2.69. The molecule has 0 radical (unpaired) electrons. The van der Waals surface area contributed by atoms with Gasteiger partial charge in [0.2, 0.25) is 6.79 Å². The van der Waals surface area contributed by atoms with E-state index >= 15 is 0 Å². The summed E-state index contributed by atoms with van der Waals surface area (Å²) < 4.78 is 16.8. The van der Waals surface area contributed by atoms with E-state index in [2.05, 4.69) is 31.3 Å². The molecule has 1 aromatic rings. The summed E-state index contributed by atoms with van der Waals surface area (Å²) in [6.45, 7) is 6.77. The number of rotatable bonds is 3. The van der Waals surface area contributed by atoms with Gasteiger partial charge in [0.1, 0.15) is 0 Å². The molecule has 21 heavy (non-hydrogen) atoms. The summed E-state index contributed by atoms with van der Waals surface area (Å²) in [4.78, 5) is 0. The maximum Gasteiger partial charge on any atom is 0.231 e. The Labute approximate surface area is 125 Å². The number of fused-ring (bicyclic) bond motifs is 2. The Balaban J connectivity index is 1.42. The van der Waals surface area contributed by atoms with E-state index in [1.807, 2.05) is 6.07 Å². The van der Waals surface area contributed by atoms with Gasteiger partial charge in [0.05, 0.1) is 6.10 Å². The molecule has 4 heteroatoms. The first kappa shape index (κ1) is 13.4. The van der Waals surface area contributed by atoms with Gasteiger partial charge in [-0.2, -0.15) is 0 Å². The highest BCUT2D eigenvalue weighted by atomic mass is 16.7. The normalized spacial score (nSPS) is 32.4. The van der Waals surface area contributed by atoms with E-state index in [-0.39, 0.29) is 5.41 Å². The van der Waals surface area contributed by atoms with Crippen molar-refractivity contribution in [1.82, 2.24) is 5.32 Å². The molecule has 1 aliphatic carbocycles. The van der Waals surface area contributed by atoms with E-state index < -0.39 is 0 Å². The molecule has 2 aliphatic heterocycles. The highest BCUT2D eigenvalue weighted by molar-refractivity contribution is 5.44. The number of benzene rings is 1. The summed E-state index contributed by atoms with van der Waals surface area (Å²) in [5.41, 5.74) is 1.47. The molecule has 1 saturated carbocycles. The van der Waals surface area contributed by atoms with E-state index in [0.29, 0.717) is 24.9 Å². The molecule has 0 unspecified atom stereocenters. The minimum atomic E-state index is 0.224. The third-order valence-electron chi connectivity index (χ3n) is 5.29. The number of hydrogen-bond acceptors (Lipinski definition) is 4. The van der Waals surface area contributed by atoms with Crippen molar-refractivity contribution in [3.05, 3.63) is 23.8 Å². The lowest BCUT2D eigenvalue weighted by atomic mass is 9.55. The van der Waals surface area contributed by atoms with Crippen molar-refractivity contribution in [2.45, 2.75) is 45.4 Å². The van der Waals surface area contributed by atoms with Crippen molar-refractivity contribution in [3.8, 4) is 11.5 Å². The van der Waals surface area contributed by atoms with Crippen LogP contribution in [0.2, 0.25) is 0 Å². The summed E-state index contributed by atoms with van der Waals surface area (Å²) in [5.74, 6) is 2.38. The first-order valence-electron chi connectivity index (χ1n) is 7.90. The van der Waals surface area contributed by atoms with Crippen molar-refractivity contribution in [2.24, 2.45) is 11.3 Å². The summed E-state index contributed by atoms with van der Waals surface area (Å²) in [6, 6.07) is 6.72. The van der Waals surface area contributed by atoms with Crippen LogP contribution >= 0.6 is 0 Å². The van der Waals surface area contributed by atoms with Crippen molar-refractivity contribution in [3.63, 3.8) is 0 Å². The highest BCUT2D eigenvalue weighted by Crippen LogP contribution is 2.51. The van der Waals surface area contributed by atoms with Crippen molar-refractivity contribution >= 4 is 0 Å². The van der Waals surface area contributed by atoms with Gasteiger partial charge in [0.25, 0.3) is 0 Å². The molecule has 0 amide bonds. The first-order chi connectivity index (χ1) is 10.2. The molecule has 1 saturated heterocycles. The average Bonchev–Trinajstić information content (AvgIpc) is 2.95. The molecule has 4 nitrogen and oxygen atoms in total. The topological polar surface area (TPSA) is 39.7 Å². The van der Waals surface area contributed by atoms with Crippen LogP contribution in [0.3, 0.4) is 0 Å². The van der Waals surface area contributed by atoms with E-state index in [1.165, 1.54) is 18.4 Å². The third kappa shape index (κ3) is 2.12. The van der Waals surface area contributed by atoms with E-state index in [0.717, 1.165) is 24.7 Å². The Morgan fingerprint density at radius 3 is 3.00 bits per heavy atom. The zero-order valence-electron chi connectivity index (χ0n) is 12.7. The van der Waals surface area contributed by atoms with E-state index in [9.17, 15) is 0 Å². The Hall–Kier alpha value is -1.26. The predicted molar refractivity (Wildman–Crippen MR) is 79.4 cm³/mol. The molecule has 1 N–H and O–H groups in total. The van der Waals surface area contributed by atoms with Crippen LogP contribution in [-0.2, 0) is 11.3 Å². The summed E-state index contributed by atoms with van der Waals surface area (Å²) in [5, 5.41) is 3.74. The van der Waals surface area contributed by atoms with Gasteiger partial charge in [0.15, 0.2) is 11.5 Å². The van der Waals surface area contributed by atoms with Gasteiger partial charge in [-0.1, -0.05) is 19.9 Å². The number of hydrogen-bond donors (Lipinski definition) is 1. The fraction of sp³-hybridized carbons (Fsp3) is 0.647. The van der Waals surface area contributed by atoms with E-state index in [4.69, 9.17) is 14.2 Å². The van der Waals surface area contributed by atoms with Crippen LogP contribution in [0, 0.1) is 11.3 Å². The second-order valence-electron chi connectivity index (χ2n) is 6.97. The van der Waals surface area contributed by atoms with Crippen LogP contribution in [0.5, 0.6) is 11.5 Å². The van der Waals surface area contributed by atoms with Gasteiger partial charge in [0, 0.05) is 30.5 Å². The lowest BCUT2D eigenvalue weighted by Gasteiger charge is -2.60. The largest absolute Gasteiger partial charge is 0.454 e. The monoisotopic (exact) mass is 289 g/mol. The van der Waals surface area contributed by atoms with Crippen LogP contribution in [0.1, 0.15) is 32.3 Å². The third-order valence-corrected chi connectivity index (χ3v) is 5.29. The minimum Gasteiger partial charge on any atom is -0.454 e. The fourth-order valence-corrected chi connectivity index (χ4v) is 4.22. The Morgan fingerprint density at radius 2 is 2.10 bits per heavy atom. The van der Waals surface area contributed by atoms with Crippen molar-refractivity contribution in [1.29, 1.82) is 0 Å². The maximum atomic E-state index is 5.96. The molecule has 3 aliphatic rings. The molecule has 1 aromatic carbocycles. The zero-order valence-corrected chi connectivity index (χ0v) is 12.7. The molecule has 2 fully saturated rings. The zero-order chi connectivity index (χ0) is 14.4. The average molecular weight is 289 g/mol. The quantitative estimate of drug-likeness (QED) is 0.928. The second kappa shape index (κ2) is 4.89. The van der Waals surface area contributed by atoms with Gasteiger partial charge in [-0.3, -0.25) is 0 Å². The maximum absolute atomic E-state index is 5.96. The molecular formula is C17H23NO3. The minimum absolute atomic E-state index is 0.224. The summed E-state index contributed by atoms with van der Waals surface area (Å²) >= 11 is 0. The second-order valence-corrected chi connectivity index (χ2v) is 6.97. The van der Waals surface area contributed by atoms with Gasteiger partial charge < -0.3 is 19.5 Å². The standard InChI is InChI=1S/C17H23NO3/c1-17(2)15(12-4-3-7-19-16(12)17)18-9-11-5-6-13-14(8-11)21-10-20-13/h5-6,8,12,15-16,18H,3-4,7,9-10H2,1-2H3/t12-,15-,16-/m1/s1. The summed E-state index contributed by atoms with van der Waals surface area (Å²) in [7, 11) is 0. The first-order valence-corrected chi connectivity index (χ1v) is 7.90. The lowest BCUT2D eigenvalue weighted by molar-refractivity contribution is -0.192. The van der Waals surface area contributed by atoms with Crippen LogP contribution < -0.4 is 14.8 Å². The van der Waals surface area contributed by atoms with Crippen molar-refractivity contribution < 1.29 is 14.2 Å². The van der Waals surface area contributed by atoms with Crippen LogP contribution in [-0.4, -0.2) is 25.5 Å².